The number of carbonyl (C=O) groups excluding carboxylic acids is 11. The van der Waals surface area contributed by atoms with Gasteiger partial charge in [0.05, 0.1) is 18.3 Å². The maximum atomic E-state index is 15.4. The van der Waals surface area contributed by atoms with Crippen LogP contribution in [-0.2, 0) is 62.2 Å². The van der Waals surface area contributed by atoms with Crippen LogP contribution < -0.4 is 21.3 Å². The summed E-state index contributed by atoms with van der Waals surface area (Å²) in [6.45, 7) is 30.2. The number of carbonyl (C=O) groups is 11. The zero-order valence-corrected chi connectivity index (χ0v) is 63.7. The number of aliphatic hydroxyl groups is 1. The molecule has 5 N–H and O–H groups in total. The molecule has 552 valence electrons. The molecule has 1 saturated heterocycles. The molecule has 1 aliphatic heterocycles. The number of amides is 11. The van der Waals surface area contributed by atoms with E-state index in [1.807, 2.05) is 60.5 Å². The third-order valence-electron chi connectivity index (χ3n) is 18.4. The highest BCUT2D eigenvalue weighted by Crippen LogP contribution is 2.27. The van der Waals surface area contributed by atoms with Crippen LogP contribution in [0.5, 0.6) is 0 Å². The van der Waals surface area contributed by atoms with E-state index in [2.05, 4.69) is 21.3 Å². The summed E-state index contributed by atoms with van der Waals surface area (Å²) in [7, 11) is 15.1. The molecule has 0 aliphatic carbocycles. The quantitative estimate of drug-likeness (QED) is 0.0719. The zero-order chi connectivity index (χ0) is 74.3. The van der Waals surface area contributed by atoms with Gasteiger partial charge in [0, 0.05) is 69.5 Å². The fraction of sp³-hybridized carbons (Fsp3) is 0.814. The van der Waals surface area contributed by atoms with Crippen molar-refractivity contribution in [1.29, 1.82) is 0 Å². The van der Waals surface area contributed by atoms with Crippen LogP contribution in [0.1, 0.15) is 169 Å². The van der Waals surface area contributed by atoms with Crippen molar-refractivity contribution in [2.24, 2.45) is 35.5 Å². The Kier molecular flexibility index (Phi) is 37.1. The molecule has 1 fully saturated rings. The van der Waals surface area contributed by atoms with Crippen LogP contribution in [0.2, 0.25) is 0 Å². The maximum absolute atomic E-state index is 15.4. The van der Waals surface area contributed by atoms with Crippen LogP contribution in [0.25, 0.3) is 0 Å². The number of nitrogens with one attached hydrogen (secondary N) is 4. The summed E-state index contributed by atoms with van der Waals surface area (Å²) in [5, 5.41) is 23.5. The summed E-state index contributed by atoms with van der Waals surface area (Å²) >= 11 is 0. The Morgan fingerprint density at radius 3 is 1.49 bits per heavy atom. The van der Waals surface area contributed by atoms with Crippen molar-refractivity contribution in [2.45, 2.75) is 247 Å². The van der Waals surface area contributed by atoms with E-state index in [0.29, 0.717) is 19.4 Å². The second-order valence-electron chi connectivity index (χ2n) is 29.4. The molecule has 13 atom stereocenters. The summed E-state index contributed by atoms with van der Waals surface area (Å²) in [4.78, 5) is 175. The van der Waals surface area contributed by atoms with Gasteiger partial charge < -0.3 is 75.0 Å². The highest BCUT2D eigenvalue weighted by Gasteiger charge is 2.47. The third kappa shape index (κ3) is 25.6. The van der Waals surface area contributed by atoms with Gasteiger partial charge in [-0.3, -0.25) is 52.7 Å². The molecule has 0 aromatic rings. The SMILES string of the molecule is C/C=C/C[C@@H](C)[C@@H](O)[C@H]1C(=O)N[C@H](CC)C(=O)N(C)[C@H](COCCCN(C)C)C(=O)N(C)[C@@H](CC(C)(C)OC)C(=O)N[C@H](C(C)C)C(=O)N(C)[C@H](CCC(C)C)C(=O)N[C@H](C)C(=O)N[C@@H](C)C(=O)N(C)[C@@H](CC(C)C)C(=O)N(C)[C@H](CC(C)C)C(=O)N(C)[C@H](C(C)C)C(=O)N1C. The molecule has 96 heavy (non-hydrogen) atoms. The van der Waals surface area contributed by atoms with Crippen LogP contribution in [0.3, 0.4) is 0 Å². The Morgan fingerprint density at radius 2 is 1.01 bits per heavy atom. The topological polar surface area (TPSA) is 300 Å². The van der Waals surface area contributed by atoms with Gasteiger partial charge in [0.2, 0.25) is 65.0 Å². The van der Waals surface area contributed by atoms with Gasteiger partial charge in [-0.1, -0.05) is 95.2 Å². The molecule has 0 unspecified atom stereocenters. The van der Waals surface area contributed by atoms with Crippen LogP contribution >= 0.6 is 0 Å². The molecule has 0 radical (unpaired) electrons. The lowest BCUT2D eigenvalue weighted by molar-refractivity contribution is -0.157. The Morgan fingerprint density at radius 1 is 0.542 bits per heavy atom. The van der Waals surface area contributed by atoms with Gasteiger partial charge in [-0.05, 0) is 136 Å². The monoisotopic (exact) mass is 1360 g/mol. The van der Waals surface area contributed by atoms with E-state index >= 15 is 33.6 Å². The normalized spacial score (nSPS) is 26.2. The fourth-order valence-corrected chi connectivity index (χ4v) is 11.8. The van der Waals surface area contributed by atoms with E-state index in [1.54, 1.807) is 74.5 Å². The standard InChI is InChI=1S/C70H128N12O14/c1-28-30-32-46(13)58(83)57-62(87)73-49(29-2)64(89)80(24)54(40-96-36-31-35-75(18)19)67(92)79(23)53(39-70(16,17)95-27)61(86)74-55(44(9)10)68(93)76(20)50(34-33-41(3)4)60(85)71-47(14)59(84)72-48(15)63(88)77(21)51(37-42(5)6)65(90)78(22)52(38-43(7)8)66(91)81(25)56(45(11)12)69(94)82(57)26/h28,30,41-58,83H,29,31-40H2,1-27H3,(H,71,85)(H,72,84)(H,73,87)(H,74,86)/b30-28+/t46-,47-,48+,49-,50-,51+,52-,53+,54-,55-,56-,57+,58-/m1/s1. The minimum absolute atomic E-state index is 0.0412. The summed E-state index contributed by atoms with van der Waals surface area (Å²) < 4.78 is 12.0. The Labute approximate surface area is 575 Å². The van der Waals surface area contributed by atoms with E-state index in [-0.39, 0.29) is 69.5 Å². The van der Waals surface area contributed by atoms with Crippen LogP contribution in [-0.4, -0.2) is 278 Å². The summed E-state index contributed by atoms with van der Waals surface area (Å²) in [5.41, 5.74) is -1.07. The minimum atomic E-state index is -1.67. The largest absolute Gasteiger partial charge is 0.390 e. The van der Waals surface area contributed by atoms with Gasteiger partial charge >= 0.3 is 0 Å². The van der Waals surface area contributed by atoms with Crippen LogP contribution in [0.4, 0.5) is 0 Å². The third-order valence-corrected chi connectivity index (χ3v) is 18.4. The lowest BCUT2D eigenvalue weighted by atomic mass is 9.91. The molecule has 0 spiro atoms. The lowest BCUT2D eigenvalue weighted by Crippen LogP contribution is -2.64. The number of likely N-dealkylation sites (N-methyl/N-ethyl adjacent to an activating group) is 7. The van der Waals surface area contributed by atoms with Gasteiger partial charge in [0.25, 0.3) is 0 Å². The first-order valence-corrected chi connectivity index (χ1v) is 34.5. The van der Waals surface area contributed by atoms with E-state index in [9.17, 15) is 24.3 Å². The van der Waals surface area contributed by atoms with E-state index in [0.717, 1.165) is 9.80 Å². The van der Waals surface area contributed by atoms with E-state index in [1.165, 1.54) is 94.8 Å². The molecule has 1 heterocycles. The first kappa shape index (κ1) is 87.8. The van der Waals surface area contributed by atoms with Crippen molar-refractivity contribution in [3.8, 4) is 0 Å². The number of aliphatic hydroxyl groups excluding tert-OH is 1. The number of allylic oxidation sites excluding steroid dienone is 2. The molecule has 26 heteroatoms. The first-order valence-electron chi connectivity index (χ1n) is 34.5. The lowest BCUT2D eigenvalue weighted by Gasteiger charge is -2.41. The van der Waals surface area contributed by atoms with Gasteiger partial charge in [-0.2, -0.15) is 0 Å². The predicted molar refractivity (Wildman–Crippen MR) is 372 cm³/mol. The van der Waals surface area contributed by atoms with Crippen molar-refractivity contribution < 1.29 is 67.3 Å². The summed E-state index contributed by atoms with van der Waals surface area (Å²) in [6.07, 6.45) is 3.61. The number of nitrogens with zero attached hydrogens (tertiary/aromatic N) is 8. The van der Waals surface area contributed by atoms with Crippen LogP contribution in [0.15, 0.2) is 12.2 Å². The van der Waals surface area contributed by atoms with Gasteiger partial charge in [0.1, 0.15) is 66.5 Å². The Bertz CT molecular complexity index is 2600. The number of hydrogen-bond acceptors (Lipinski definition) is 15. The number of rotatable bonds is 23. The molecule has 26 nitrogen and oxygen atoms in total. The molecule has 0 saturated carbocycles. The zero-order valence-electron chi connectivity index (χ0n) is 63.7. The van der Waals surface area contributed by atoms with Gasteiger partial charge in [-0.25, -0.2) is 0 Å². The summed E-state index contributed by atoms with van der Waals surface area (Å²) in [6, 6.07) is -14.4. The van der Waals surface area contributed by atoms with Gasteiger partial charge in [-0.15, -0.1) is 0 Å². The first-order chi connectivity index (χ1) is 44.4. The summed E-state index contributed by atoms with van der Waals surface area (Å²) in [5.74, 6) is -9.98. The Hall–Kier alpha value is -6.25. The molecule has 0 bridgehead atoms. The molecule has 1 aliphatic rings. The van der Waals surface area contributed by atoms with Crippen molar-refractivity contribution in [3.05, 3.63) is 12.2 Å². The van der Waals surface area contributed by atoms with Crippen molar-refractivity contribution in [3.63, 3.8) is 0 Å². The maximum Gasteiger partial charge on any atom is 0.248 e. The second kappa shape index (κ2) is 40.6. The Balaban J connectivity index is 4.61. The fourth-order valence-electron chi connectivity index (χ4n) is 11.8. The van der Waals surface area contributed by atoms with Crippen molar-refractivity contribution in [2.75, 3.05) is 90.3 Å². The van der Waals surface area contributed by atoms with Crippen molar-refractivity contribution in [1.82, 2.24) is 60.5 Å². The second-order valence-corrected chi connectivity index (χ2v) is 29.4. The van der Waals surface area contributed by atoms with E-state index in [4.69, 9.17) is 9.47 Å². The molecule has 0 aromatic carbocycles. The minimum Gasteiger partial charge on any atom is -0.390 e. The molecular weight excluding hydrogens is 1230 g/mol. The van der Waals surface area contributed by atoms with E-state index < -0.39 is 161 Å². The van der Waals surface area contributed by atoms with Crippen LogP contribution in [0, 0.1) is 35.5 Å². The van der Waals surface area contributed by atoms with Gasteiger partial charge in [0.15, 0.2) is 0 Å². The predicted octanol–water partition coefficient (Wildman–Crippen LogP) is 3.76. The average Bonchev–Trinajstić information content (AvgIpc) is 0.814. The smallest absolute Gasteiger partial charge is 0.248 e. The number of methoxy groups -OCH3 is 1. The number of hydrogen-bond donors (Lipinski definition) is 5. The van der Waals surface area contributed by atoms with Crippen molar-refractivity contribution >= 4 is 65.0 Å². The highest BCUT2D eigenvalue weighted by atomic mass is 16.5. The highest BCUT2D eigenvalue weighted by molar-refractivity contribution is 6.00. The molecule has 11 amide bonds. The average molecular weight is 1360 g/mol. The molecule has 0 aromatic heterocycles. The molecule has 1 rings (SSSR count). The number of ether oxygens (including phenoxy) is 2. The molecular formula is C70H128N12O14.